The molecule has 0 atom stereocenters. The number of rotatable bonds is 7. The number of aliphatic imine (C=N–C) groups is 1. The summed E-state index contributed by atoms with van der Waals surface area (Å²) in [6, 6.07) is 19.8. The molecule has 166 valence electrons. The van der Waals surface area contributed by atoms with E-state index in [1.807, 2.05) is 7.05 Å². The van der Waals surface area contributed by atoms with Gasteiger partial charge in [-0.05, 0) is 55.5 Å². The smallest absolute Gasteiger partial charge is 0.191 e. The Kier molecular flexibility index (Phi) is 7.60. The maximum Gasteiger partial charge on any atom is 0.191 e. The summed E-state index contributed by atoms with van der Waals surface area (Å²) in [5, 5.41) is 7.07. The minimum absolute atomic E-state index is 0.0916. The molecule has 0 aliphatic carbocycles. The molecule has 2 heterocycles. The average molecular weight is 421 g/mol. The molecule has 5 nitrogen and oxygen atoms in total. The van der Waals surface area contributed by atoms with Crippen molar-refractivity contribution in [2.75, 3.05) is 39.9 Å². The number of nitrogens with zero attached hydrogens (tertiary/aromatic N) is 2. The largest absolute Gasteiger partial charge is 0.381 e. The number of hydrogen-bond acceptors (Lipinski definition) is 3. The molecule has 31 heavy (non-hydrogen) atoms. The lowest BCUT2D eigenvalue weighted by Crippen LogP contribution is -2.47. The van der Waals surface area contributed by atoms with Crippen molar-refractivity contribution in [2.24, 2.45) is 4.99 Å². The van der Waals surface area contributed by atoms with E-state index in [4.69, 9.17) is 4.74 Å². The first-order valence-corrected chi connectivity index (χ1v) is 11.7. The van der Waals surface area contributed by atoms with Gasteiger partial charge in [0, 0.05) is 45.3 Å². The van der Waals surface area contributed by atoms with Crippen molar-refractivity contribution in [1.82, 2.24) is 15.5 Å². The van der Waals surface area contributed by atoms with Crippen LogP contribution in [-0.2, 0) is 23.2 Å². The van der Waals surface area contributed by atoms with E-state index in [0.29, 0.717) is 0 Å². The number of likely N-dealkylation sites (tertiary alicyclic amines) is 1. The van der Waals surface area contributed by atoms with Crippen molar-refractivity contribution in [2.45, 2.75) is 44.2 Å². The standard InChI is InChI=1S/C26H36N4O/c1-27-25(28-19-22-9-11-23(12-10-22)20-30-15-5-6-16-30)29-21-26(13-17-31-18-14-26)24-7-3-2-4-8-24/h2-4,7-12H,5-6,13-21H2,1H3,(H2,27,28,29). The van der Waals surface area contributed by atoms with E-state index in [9.17, 15) is 0 Å². The fourth-order valence-corrected chi connectivity index (χ4v) is 4.74. The van der Waals surface area contributed by atoms with Crippen LogP contribution in [-0.4, -0.2) is 50.8 Å². The van der Waals surface area contributed by atoms with Gasteiger partial charge in [0.2, 0.25) is 0 Å². The summed E-state index contributed by atoms with van der Waals surface area (Å²) in [7, 11) is 1.84. The Morgan fingerprint density at radius 3 is 2.29 bits per heavy atom. The monoisotopic (exact) mass is 420 g/mol. The first-order chi connectivity index (χ1) is 15.3. The molecule has 2 aliphatic rings. The first kappa shape index (κ1) is 21.8. The highest BCUT2D eigenvalue weighted by Gasteiger charge is 2.34. The van der Waals surface area contributed by atoms with Crippen molar-refractivity contribution in [3.05, 3.63) is 71.3 Å². The third-order valence-electron chi connectivity index (χ3n) is 6.74. The molecule has 0 spiro atoms. The van der Waals surface area contributed by atoms with Gasteiger partial charge < -0.3 is 15.4 Å². The molecule has 2 fully saturated rings. The van der Waals surface area contributed by atoms with Crippen LogP contribution in [0.3, 0.4) is 0 Å². The van der Waals surface area contributed by atoms with Gasteiger partial charge in [0.15, 0.2) is 5.96 Å². The molecule has 2 aromatic rings. The first-order valence-electron chi connectivity index (χ1n) is 11.7. The molecule has 0 aromatic heterocycles. The lowest BCUT2D eigenvalue weighted by molar-refractivity contribution is 0.0514. The zero-order chi connectivity index (χ0) is 21.4. The Bertz CT molecular complexity index is 822. The van der Waals surface area contributed by atoms with Gasteiger partial charge in [0.1, 0.15) is 0 Å². The zero-order valence-electron chi connectivity index (χ0n) is 18.8. The molecule has 4 rings (SSSR count). The molecular formula is C26H36N4O. The summed E-state index contributed by atoms with van der Waals surface area (Å²) in [5.41, 5.74) is 4.15. The molecule has 0 bridgehead atoms. The zero-order valence-corrected chi connectivity index (χ0v) is 18.8. The molecule has 0 amide bonds. The molecule has 2 aliphatic heterocycles. The maximum atomic E-state index is 5.66. The summed E-state index contributed by atoms with van der Waals surface area (Å²) in [6.45, 7) is 6.80. The lowest BCUT2D eigenvalue weighted by Gasteiger charge is -2.38. The summed E-state index contributed by atoms with van der Waals surface area (Å²) >= 11 is 0. The van der Waals surface area contributed by atoms with Crippen molar-refractivity contribution >= 4 is 5.96 Å². The Balaban J connectivity index is 1.31. The van der Waals surface area contributed by atoms with Crippen LogP contribution in [0.5, 0.6) is 0 Å². The average Bonchev–Trinajstić information content (AvgIpc) is 3.34. The predicted octanol–water partition coefficient (Wildman–Crippen LogP) is 3.70. The minimum Gasteiger partial charge on any atom is -0.381 e. The predicted molar refractivity (Wildman–Crippen MR) is 127 cm³/mol. The Morgan fingerprint density at radius 1 is 0.935 bits per heavy atom. The highest BCUT2D eigenvalue weighted by Crippen LogP contribution is 2.34. The van der Waals surface area contributed by atoms with Crippen molar-refractivity contribution in [3.8, 4) is 0 Å². The maximum absolute atomic E-state index is 5.66. The third-order valence-corrected chi connectivity index (χ3v) is 6.74. The molecule has 0 saturated carbocycles. The van der Waals surface area contributed by atoms with Gasteiger partial charge in [0.05, 0.1) is 0 Å². The highest BCUT2D eigenvalue weighted by atomic mass is 16.5. The summed E-state index contributed by atoms with van der Waals surface area (Å²) in [5.74, 6) is 0.850. The van der Waals surface area contributed by atoms with Crippen molar-refractivity contribution in [3.63, 3.8) is 0 Å². The summed E-state index contributed by atoms with van der Waals surface area (Å²) in [4.78, 5) is 6.99. The normalized spacial score (nSPS) is 19.3. The number of hydrogen-bond donors (Lipinski definition) is 2. The Hall–Kier alpha value is -2.37. The highest BCUT2D eigenvalue weighted by molar-refractivity contribution is 5.79. The van der Waals surface area contributed by atoms with Gasteiger partial charge in [-0.3, -0.25) is 9.89 Å². The number of guanidine groups is 1. The van der Waals surface area contributed by atoms with E-state index in [0.717, 1.165) is 51.6 Å². The van der Waals surface area contributed by atoms with Gasteiger partial charge in [-0.15, -0.1) is 0 Å². The molecule has 0 radical (unpaired) electrons. The second-order valence-corrected chi connectivity index (χ2v) is 8.84. The van der Waals surface area contributed by atoms with Crippen LogP contribution in [0.2, 0.25) is 0 Å². The van der Waals surface area contributed by atoms with Crippen LogP contribution in [0.25, 0.3) is 0 Å². The molecule has 2 aromatic carbocycles. The van der Waals surface area contributed by atoms with E-state index in [1.54, 1.807) is 0 Å². The number of nitrogens with one attached hydrogen (secondary N) is 2. The fraction of sp³-hybridized carbons (Fsp3) is 0.500. The van der Waals surface area contributed by atoms with Crippen LogP contribution in [0.4, 0.5) is 0 Å². The van der Waals surface area contributed by atoms with Gasteiger partial charge in [-0.1, -0.05) is 54.6 Å². The second kappa shape index (κ2) is 10.8. The lowest BCUT2D eigenvalue weighted by atomic mass is 9.74. The van der Waals surface area contributed by atoms with Gasteiger partial charge in [-0.2, -0.15) is 0 Å². The summed E-state index contributed by atoms with van der Waals surface area (Å²) in [6.07, 6.45) is 4.73. The SMILES string of the molecule is CN=C(NCc1ccc(CN2CCCC2)cc1)NCC1(c2ccccc2)CCOCC1. The Labute approximate surface area is 186 Å². The second-order valence-electron chi connectivity index (χ2n) is 8.84. The Morgan fingerprint density at radius 2 is 1.61 bits per heavy atom. The molecule has 2 saturated heterocycles. The molecule has 5 heteroatoms. The van der Waals surface area contributed by atoms with Crippen molar-refractivity contribution in [1.29, 1.82) is 0 Å². The molecular weight excluding hydrogens is 384 g/mol. The number of ether oxygens (including phenoxy) is 1. The topological polar surface area (TPSA) is 48.9 Å². The van der Waals surface area contributed by atoms with E-state index < -0.39 is 0 Å². The van der Waals surface area contributed by atoms with Gasteiger partial charge >= 0.3 is 0 Å². The molecule has 2 N–H and O–H groups in total. The molecule has 0 unspecified atom stereocenters. The number of benzene rings is 2. The van der Waals surface area contributed by atoms with Crippen LogP contribution < -0.4 is 10.6 Å². The van der Waals surface area contributed by atoms with Gasteiger partial charge in [-0.25, -0.2) is 0 Å². The van der Waals surface area contributed by atoms with E-state index in [-0.39, 0.29) is 5.41 Å². The van der Waals surface area contributed by atoms with Crippen LogP contribution in [0, 0.1) is 0 Å². The van der Waals surface area contributed by atoms with Gasteiger partial charge in [0.25, 0.3) is 0 Å². The fourth-order valence-electron chi connectivity index (χ4n) is 4.74. The van der Waals surface area contributed by atoms with Crippen molar-refractivity contribution < 1.29 is 4.74 Å². The van der Waals surface area contributed by atoms with Crippen LogP contribution in [0.1, 0.15) is 42.4 Å². The minimum atomic E-state index is 0.0916. The van der Waals surface area contributed by atoms with Crippen LogP contribution in [0.15, 0.2) is 59.6 Å². The third kappa shape index (κ3) is 5.86. The van der Waals surface area contributed by atoms with Crippen LogP contribution >= 0.6 is 0 Å². The van der Waals surface area contributed by atoms with E-state index >= 15 is 0 Å². The van der Waals surface area contributed by atoms with E-state index in [2.05, 4.69) is 75.1 Å². The summed E-state index contributed by atoms with van der Waals surface area (Å²) < 4.78 is 5.66. The van der Waals surface area contributed by atoms with E-state index in [1.165, 1.54) is 42.6 Å². The quantitative estimate of drug-likeness (QED) is 0.530.